The van der Waals surface area contributed by atoms with Crippen LogP contribution in [0.25, 0.3) is 48.2 Å². The summed E-state index contributed by atoms with van der Waals surface area (Å²) in [5.41, 5.74) is 4.82. The van der Waals surface area contributed by atoms with Crippen LogP contribution in [0.4, 0.5) is 0 Å². The molecule has 6 rings (SSSR count). The molecule has 4 aromatic heterocycles. The van der Waals surface area contributed by atoms with Crippen LogP contribution < -0.4 is 0 Å². The third kappa shape index (κ3) is 5.22. The molecule has 1 N–H and O–H groups in total. The van der Waals surface area contributed by atoms with Gasteiger partial charge in [-0.2, -0.15) is 11.3 Å². The Kier molecular flexibility index (Phi) is 9.10. The van der Waals surface area contributed by atoms with E-state index >= 15 is 0 Å². The topological polar surface area (TPSA) is 54.6 Å². The Morgan fingerprint density at radius 1 is 1.05 bits per heavy atom. The number of rotatable bonds is 7. The van der Waals surface area contributed by atoms with Crippen molar-refractivity contribution in [2.45, 2.75) is 60.3 Å². The van der Waals surface area contributed by atoms with Gasteiger partial charge in [-0.25, -0.2) is 0 Å². The largest absolute Gasteiger partial charge is 0.512 e. The van der Waals surface area contributed by atoms with Crippen LogP contribution in [0.2, 0.25) is 0 Å². The van der Waals surface area contributed by atoms with Crippen molar-refractivity contribution in [2.75, 3.05) is 0 Å². The number of carbonyl (C=O) groups excluding carboxylic acids is 1. The van der Waals surface area contributed by atoms with Gasteiger partial charge < -0.3 is 14.5 Å². The molecule has 4 heterocycles. The number of aromatic nitrogens is 2. The predicted octanol–water partition coefficient (Wildman–Crippen LogP) is 9.42. The Labute approximate surface area is 247 Å². The molecule has 0 saturated carbocycles. The molecule has 0 spiro atoms. The molecule has 6 heteroatoms. The number of aliphatic hydroxyl groups is 1. The van der Waals surface area contributed by atoms with Crippen LogP contribution in [0.5, 0.6) is 0 Å². The van der Waals surface area contributed by atoms with Gasteiger partial charge in [0.15, 0.2) is 5.78 Å². The maximum Gasteiger partial charge on any atom is 0.162 e. The monoisotopic (exact) mass is 716 g/mol. The number of ketones is 1. The Bertz CT molecular complexity index is 1770. The van der Waals surface area contributed by atoms with Crippen molar-refractivity contribution in [3.8, 4) is 0 Å². The summed E-state index contributed by atoms with van der Waals surface area (Å²) in [6.45, 7) is 10.3. The van der Waals surface area contributed by atoms with Crippen molar-refractivity contribution in [1.29, 1.82) is 0 Å². The van der Waals surface area contributed by atoms with Gasteiger partial charge >= 0.3 is 0 Å². The second-order valence-electron chi connectivity index (χ2n) is 10.1. The minimum atomic E-state index is 0. The fourth-order valence-corrected chi connectivity index (χ4v) is 6.38. The predicted molar refractivity (Wildman–Crippen MR) is 162 cm³/mol. The van der Waals surface area contributed by atoms with Gasteiger partial charge in [0.1, 0.15) is 0 Å². The number of thiophene rings is 1. The van der Waals surface area contributed by atoms with Crippen LogP contribution in [0.15, 0.2) is 59.9 Å². The van der Waals surface area contributed by atoms with E-state index in [0.29, 0.717) is 0 Å². The maximum absolute atomic E-state index is 11.7. The van der Waals surface area contributed by atoms with E-state index in [2.05, 4.69) is 59.3 Å². The fourth-order valence-electron chi connectivity index (χ4n) is 5.61. The fraction of sp³-hybridized carbons (Fsp3) is 0.333. The van der Waals surface area contributed by atoms with Gasteiger partial charge in [-0.1, -0.05) is 56.7 Å². The third-order valence-corrected chi connectivity index (χ3v) is 8.80. The quantitative estimate of drug-likeness (QED) is 0.0590. The van der Waals surface area contributed by atoms with Crippen molar-refractivity contribution >= 4 is 65.3 Å². The number of aliphatic hydroxyl groups excluding tert-OH is 1. The van der Waals surface area contributed by atoms with Crippen LogP contribution in [0.3, 0.4) is 0 Å². The van der Waals surface area contributed by atoms with Gasteiger partial charge in [0.05, 0.1) is 5.76 Å². The Hall–Kier alpha value is -2.79. The summed E-state index contributed by atoms with van der Waals surface area (Å²) >= 11 is 1.74. The summed E-state index contributed by atoms with van der Waals surface area (Å²) in [6, 6.07) is 14.6. The van der Waals surface area contributed by atoms with Crippen LogP contribution in [0.1, 0.15) is 58.9 Å². The zero-order chi connectivity index (χ0) is 27.0. The number of allylic oxidation sites excluding steroid dienone is 2. The summed E-state index contributed by atoms with van der Waals surface area (Å²) in [4.78, 5) is 16.4. The average Bonchev–Trinajstić information content (AvgIpc) is 3.53. The van der Waals surface area contributed by atoms with Gasteiger partial charge in [0.25, 0.3) is 0 Å². The van der Waals surface area contributed by atoms with Crippen molar-refractivity contribution in [2.24, 2.45) is 11.8 Å². The van der Waals surface area contributed by atoms with Crippen LogP contribution in [-0.2, 0) is 24.9 Å². The number of hydrogen-bond acceptors (Lipinski definition) is 4. The summed E-state index contributed by atoms with van der Waals surface area (Å²) in [7, 11) is 0. The number of benzene rings is 2. The van der Waals surface area contributed by atoms with Crippen molar-refractivity contribution < 1.29 is 30.0 Å². The molecule has 6 aromatic rings. The van der Waals surface area contributed by atoms with Gasteiger partial charge in [0.2, 0.25) is 0 Å². The Morgan fingerprint density at radius 3 is 2.46 bits per heavy atom. The minimum Gasteiger partial charge on any atom is -0.512 e. The standard InChI is InChI=1S/C20H11N2S.C13H24O2.Ir/c1-11-10-22-16-8-13-5-7-23-17(13)9-15(16)19-18-12(4-6-21-19)2-3-14(11)20(18)22;1-5-10(6-2)12(14)9-13(15)11(7-3)8-4;/h2-8,10H,1H3;9-11,14H,5-8H2,1-4H3;/q-1;;/b;12-9-;. The van der Waals surface area contributed by atoms with E-state index in [9.17, 15) is 9.90 Å². The van der Waals surface area contributed by atoms with Crippen LogP contribution >= 0.6 is 11.3 Å². The van der Waals surface area contributed by atoms with E-state index < -0.39 is 0 Å². The zero-order valence-electron chi connectivity index (χ0n) is 23.2. The van der Waals surface area contributed by atoms with E-state index in [1.807, 2.05) is 33.9 Å². The smallest absolute Gasteiger partial charge is 0.162 e. The first kappa shape index (κ1) is 29.2. The first-order valence-electron chi connectivity index (χ1n) is 13.7. The maximum atomic E-state index is 11.7. The van der Waals surface area contributed by atoms with Crippen LogP contribution in [0, 0.1) is 24.8 Å². The van der Waals surface area contributed by atoms with Crippen molar-refractivity contribution in [3.05, 3.63) is 71.6 Å². The molecule has 2 aromatic carbocycles. The number of pyridine rings is 2. The molecule has 0 amide bonds. The van der Waals surface area contributed by atoms with Gasteiger partial charge in [-0.15, -0.1) is 12.1 Å². The first-order chi connectivity index (χ1) is 18.4. The molecule has 4 nitrogen and oxygen atoms in total. The molecule has 39 heavy (non-hydrogen) atoms. The molecule has 0 saturated heterocycles. The molecular weight excluding hydrogens is 681 g/mol. The molecule has 0 fully saturated rings. The Balaban J connectivity index is 0.000000196. The van der Waals surface area contributed by atoms with E-state index in [4.69, 9.17) is 4.98 Å². The molecule has 0 aliphatic rings. The molecule has 0 bridgehead atoms. The summed E-state index contributed by atoms with van der Waals surface area (Å²) in [6.07, 6.45) is 9.06. The van der Waals surface area contributed by atoms with Gasteiger partial charge in [-0.3, -0.25) is 4.79 Å². The number of aryl methyl sites for hydroxylation is 1. The molecular formula is C33H35IrN2O2S-. The SMILES string of the molecule is CCC(CC)C(=O)/C=C(\O)C(CC)CC.Cc1cn2c3cc4ccsc4[c-]c3c3nccc4ccc1c2c43.[Ir]. The first-order valence-corrected chi connectivity index (χ1v) is 14.6. The van der Waals surface area contributed by atoms with E-state index in [1.165, 1.54) is 48.9 Å². The molecule has 1 radical (unpaired) electrons. The number of hydrogen-bond donors (Lipinski definition) is 1. The molecule has 0 unspecified atom stereocenters. The molecule has 0 aliphatic carbocycles. The van der Waals surface area contributed by atoms with E-state index in [-0.39, 0.29) is 43.5 Å². The van der Waals surface area contributed by atoms with Gasteiger partial charge in [0, 0.05) is 61.3 Å². The summed E-state index contributed by atoms with van der Waals surface area (Å²) in [5.74, 6) is 0.547. The number of carbonyl (C=O) groups is 1. The van der Waals surface area contributed by atoms with E-state index in [1.54, 1.807) is 11.3 Å². The Morgan fingerprint density at radius 2 is 1.77 bits per heavy atom. The summed E-state index contributed by atoms with van der Waals surface area (Å²) < 4.78 is 3.52. The number of nitrogens with zero attached hydrogens (tertiary/aromatic N) is 2. The normalized spacial score (nSPS) is 12.2. The second-order valence-corrected chi connectivity index (χ2v) is 11.1. The summed E-state index contributed by atoms with van der Waals surface area (Å²) in [5, 5.41) is 18.0. The third-order valence-electron chi connectivity index (χ3n) is 7.95. The van der Waals surface area contributed by atoms with Crippen molar-refractivity contribution in [3.63, 3.8) is 0 Å². The average molecular weight is 716 g/mol. The van der Waals surface area contributed by atoms with Crippen LogP contribution in [-0.4, -0.2) is 20.3 Å². The molecule has 205 valence electrons. The van der Waals surface area contributed by atoms with Gasteiger partial charge in [-0.05, 0) is 76.1 Å². The van der Waals surface area contributed by atoms with Crippen molar-refractivity contribution in [1.82, 2.24) is 9.38 Å². The molecule has 0 aliphatic heterocycles. The second kappa shape index (κ2) is 12.2. The number of fused-ring (bicyclic) bond motifs is 4. The van der Waals surface area contributed by atoms with E-state index in [0.717, 1.165) is 36.6 Å². The molecule has 0 atom stereocenters. The minimum absolute atomic E-state index is 0. The zero-order valence-corrected chi connectivity index (χ0v) is 26.4.